The molecule has 0 bridgehead atoms. The Hall–Kier alpha value is -2.04. The quantitative estimate of drug-likeness (QED) is 0.448. The molecular formula is C18H15ClO3S. The summed E-state index contributed by atoms with van der Waals surface area (Å²) in [6, 6.07) is 14.6. The van der Waals surface area contributed by atoms with Crippen molar-refractivity contribution >= 4 is 39.0 Å². The molecule has 3 aromatic rings. The molecule has 0 unspecified atom stereocenters. The van der Waals surface area contributed by atoms with E-state index in [0.29, 0.717) is 22.3 Å². The Labute approximate surface area is 143 Å². The van der Waals surface area contributed by atoms with Crippen LogP contribution < -0.4 is 9.47 Å². The summed E-state index contributed by atoms with van der Waals surface area (Å²) in [6.45, 7) is 2.71. The summed E-state index contributed by atoms with van der Waals surface area (Å²) in [5.74, 6) is 0.775. The second-order valence-corrected chi connectivity index (χ2v) is 6.38. The van der Waals surface area contributed by atoms with Crippen molar-refractivity contribution in [2.45, 2.75) is 13.3 Å². The van der Waals surface area contributed by atoms with Crippen LogP contribution in [-0.2, 0) is 0 Å². The summed E-state index contributed by atoms with van der Waals surface area (Å²) in [5.41, 5.74) is 0. The molecule has 0 spiro atoms. The highest BCUT2D eigenvalue weighted by Crippen LogP contribution is 2.35. The monoisotopic (exact) mass is 346 g/mol. The number of hydrogen-bond donors (Lipinski definition) is 0. The molecule has 1 aromatic heterocycles. The lowest BCUT2D eigenvalue weighted by molar-refractivity contribution is 0.0740. The number of rotatable bonds is 5. The zero-order valence-corrected chi connectivity index (χ0v) is 14.1. The lowest BCUT2D eigenvalue weighted by Crippen LogP contribution is -2.07. The number of thiophene rings is 1. The standard InChI is InChI=1S/C18H15ClO3S/c1-2-11-21-12-7-9-13(10-8-12)22-18(20)17-16(19)14-5-3-4-6-15(14)23-17/h3-10H,2,11H2,1H3. The third-order valence-electron chi connectivity index (χ3n) is 3.23. The molecule has 0 fully saturated rings. The Bertz CT molecular complexity index is 824. The molecule has 0 aliphatic carbocycles. The van der Waals surface area contributed by atoms with Gasteiger partial charge in [-0.25, -0.2) is 4.79 Å². The van der Waals surface area contributed by atoms with E-state index in [0.717, 1.165) is 22.3 Å². The van der Waals surface area contributed by atoms with Gasteiger partial charge < -0.3 is 9.47 Å². The number of esters is 1. The molecule has 118 valence electrons. The van der Waals surface area contributed by atoms with Crippen LogP contribution in [0.15, 0.2) is 48.5 Å². The smallest absolute Gasteiger partial charge is 0.355 e. The summed E-state index contributed by atoms with van der Waals surface area (Å²) in [4.78, 5) is 12.7. The maximum Gasteiger partial charge on any atom is 0.355 e. The van der Waals surface area contributed by atoms with Gasteiger partial charge in [-0.15, -0.1) is 11.3 Å². The van der Waals surface area contributed by atoms with Gasteiger partial charge in [0.1, 0.15) is 16.4 Å². The van der Waals surface area contributed by atoms with Gasteiger partial charge in [0.2, 0.25) is 0 Å². The molecule has 5 heteroatoms. The highest BCUT2D eigenvalue weighted by Gasteiger charge is 2.18. The largest absolute Gasteiger partial charge is 0.494 e. The van der Waals surface area contributed by atoms with E-state index >= 15 is 0 Å². The Kier molecular flexibility index (Phi) is 4.84. The normalized spacial score (nSPS) is 10.7. The molecule has 0 N–H and O–H groups in total. The number of fused-ring (bicyclic) bond motifs is 1. The lowest BCUT2D eigenvalue weighted by atomic mass is 10.2. The minimum Gasteiger partial charge on any atom is -0.494 e. The number of carbonyl (C=O) groups excluding carboxylic acids is 1. The van der Waals surface area contributed by atoms with Gasteiger partial charge in [-0.05, 0) is 36.8 Å². The fraction of sp³-hybridized carbons (Fsp3) is 0.167. The second kappa shape index (κ2) is 7.02. The molecule has 0 aliphatic heterocycles. The zero-order chi connectivity index (χ0) is 16.2. The molecule has 0 radical (unpaired) electrons. The minimum absolute atomic E-state index is 0.416. The van der Waals surface area contributed by atoms with E-state index in [1.165, 1.54) is 11.3 Å². The van der Waals surface area contributed by atoms with Crippen LogP contribution in [0.25, 0.3) is 10.1 Å². The molecule has 0 atom stereocenters. The summed E-state index contributed by atoms with van der Waals surface area (Å²) in [7, 11) is 0. The molecule has 0 saturated heterocycles. The maximum atomic E-state index is 12.3. The van der Waals surface area contributed by atoms with Gasteiger partial charge in [-0.1, -0.05) is 36.7 Å². The topological polar surface area (TPSA) is 35.5 Å². The molecular weight excluding hydrogens is 332 g/mol. The Morgan fingerprint density at radius 2 is 1.78 bits per heavy atom. The van der Waals surface area contributed by atoms with Crippen LogP contribution in [0.3, 0.4) is 0 Å². The molecule has 0 amide bonds. The van der Waals surface area contributed by atoms with E-state index in [1.54, 1.807) is 24.3 Å². The third-order valence-corrected chi connectivity index (χ3v) is 4.88. The molecule has 0 saturated carbocycles. The fourth-order valence-corrected chi connectivity index (χ4v) is 3.51. The van der Waals surface area contributed by atoms with Crippen LogP contribution in [0.1, 0.15) is 23.0 Å². The van der Waals surface area contributed by atoms with Crippen molar-refractivity contribution in [3.05, 3.63) is 58.4 Å². The summed E-state index contributed by atoms with van der Waals surface area (Å²) >= 11 is 7.62. The van der Waals surface area contributed by atoms with E-state index < -0.39 is 5.97 Å². The number of ether oxygens (including phenoxy) is 2. The van der Waals surface area contributed by atoms with Crippen LogP contribution in [0.5, 0.6) is 11.5 Å². The van der Waals surface area contributed by atoms with Gasteiger partial charge in [0.15, 0.2) is 0 Å². The summed E-state index contributed by atoms with van der Waals surface area (Å²) in [5, 5.41) is 1.31. The number of hydrogen-bond acceptors (Lipinski definition) is 4. The third kappa shape index (κ3) is 3.49. The number of halogens is 1. The van der Waals surface area contributed by atoms with E-state index in [-0.39, 0.29) is 0 Å². The molecule has 3 nitrogen and oxygen atoms in total. The molecule has 3 rings (SSSR count). The van der Waals surface area contributed by atoms with Gasteiger partial charge in [-0.3, -0.25) is 0 Å². The summed E-state index contributed by atoms with van der Waals surface area (Å²) in [6.07, 6.45) is 0.946. The average Bonchev–Trinajstić information content (AvgIpc) is 2.92. The predicted molar refractivity (Wildman–Crippen MR) is 94.0 cm³/mol. The van der Waals surface area contributed by atoms with Gasteiger partial charge in [0, 0.05) is 10.1 Å². The first-order valence-corrected chi connectivity index (χ1v) is 8.50. The van der Waals surface area contributed by atoms with Crippen molar-refractivity contribution in [2.75, 3.05) is 6.61 Å². The average molecular weight is 347 g/mol. The van der Waals surface area contributed by atoms with Crippen molar-refractivity contribution in [2.24, 2.45) is 0 Å². The SMILES string of the molecule is CCCOc1ccc(OC(=O)c2sc3ccccc3c2Cl)cc1. The van der Waals surface area contributed by atoms with Gasteiger partial charge in [0.05, 0.1) is 11.6 Å². The van der Waals surface area contributed by atoms with Crippen molar-refractivity contribution in [1.82, 2.24) is 0 Å². The van der Waals surface area contributed by atoms with Crippen molar-refractivity contribution < 1.29 is 14.3 Å². The zero-order valence-electron chi connectivity index (χ0n) is 12.5. The van der Waals surface area contributed by atoms with E-state index in [9.17, 15) is 4.79 Å². The molecule has 23 heavy (non-hydrogen) atoms. The first kappa shape index (κ1) is 15.8. The lowest BCUT2D eigenvalue weighted by Gasteiger charge is -2.06. The highest BCUT2D eigenvalue weighted by molar-refractivity contribution is 7.21. The summed E-state index contributed by atoms with van der Waals surface area (Å²) < 4.78 is 11.9. The van der Waals surface area contributed by atoms with Crippen LogP contribution >= 0.6 is 22.9 Å². The minimum atomic E-state index is -0.446. The Morgan fingerprint density at radius 1 is 1.09 bits per heavy atom. The van der Waals surface area contributed by atoms with Gasteiger partial charge in [-0.2, -0.15) is 0 Å². The van der Waals surface area contributed by atoms with E-state index in [1.807, 2.05) is 31.2 Å². The first-order valence-electron chi connectivity index (χ1n) is 7.31. The number of benzene rings is 2. The Morgan fingerprint density at radius 3 is 2.48 bits per heavy atom. The molecule has 2 aromatic carbocycles. The second-order valence-electron chi connectivity index (χ2n) is 4.95. The number of carbonyl (C=O) groups is 1. The van der Waals surface area contributed by atoms with Crippen LogP contribution in [0, 0.1) is 0 Å². The van der Waals surface area contributed by atoms with E-state index in [4.69, 9.17) is 21.1 Å². The van der Waals surface area contributed by atoms with Crippen molar-refractivity contribution in [3.63, 3.8) is 0 Å². The maximum absolute atomic E-state index is 12.3. The highest BCUT2D eigenvalue weighted by atomic mass is 35.5. The predicted octanol–water partition coefficient (Wildman–Crippen LogP) is 5.56. The van der Waals surface area contributed by atoms with Crippen LogP contribution in [0.4, 0.5) is 0 Å². The Balaban J connectivity index is 1.76. The van der Waals surface area contributed by atoms with Gasteiger partial charge in [0.25, 0.3) is 0 Å². The first-order chi connectivity index (χ1) is 11.2. The van der Waals surface area contributed by atoms with E-state index in [2.05, 4.69) is 0 Å². The molecule has 1 heterocycles. The van der Waals surface area contributed by atoms with Crippen LogP contribution in [0.2, 0.25) is 5.02 Å². The van der Waals surface area contributed by atoms with Gasteiger partial charge >= 0.3 is 5.97 Å². The van der Waals surface area contributed by atoms with Crippen LogP contribution in [-0.4, -0.2) is 12.6 Å². The van der Waals surface area contributed by atoms with Crippen molar-refractivity contribution in [1.29, 1.82) is 0 Å². The molecule has 0 aliphatic rings. The fourth-order valence-electron chi connectivity index (χ4n) is 2.12. The van der Waals surface area contributed by atoms with Crippen molar-refractivity contribution in [3.8, 4) is 11.5 Å².